The molecular formula is C15H27N3S. The Kier molecular flexibility index (Phi) is 4.98. The van der Waals surface area contributed by atoms with E-state index in [4.69, 9.17) is 5.84 Å². The van der Waals surface area contributed by atoms with Gasteiger partial charge in [-0.25, -0.2) is 4.98 Å². The van der Waals surface area contributed by atoms with E-state index in [0.29, 0.717) is 11.5 Å². The molecule has 4 heteroatoms. The van der Waals surface area contributed by atoms with Crippen LogP contribution in [0.25, 0.3) is 0 Å². The minimum absolute atomic E-state index is 0.364. The number of rotatable bonds is 6. The molecule has 1 unspecified atom stereocenters. The summed E-state index contributed by atoms with van der Waals surface area (Å²) in [6.07, 6.45) is 7.56. The summed E-state index contributed by atoms with van der Waals surface area (Å²) < 4.78 is 0. The first kappa shape index (κ1) is 14.9. The molecule has 0 bridgehead atoms. The van der Waals surface area contributed by atoms with Crippen molar-refractivity contribution in [1.29, 1.82) is 0 Å². The van der Waals surface area contributed by atoms with Crippen LogP contribution in [0.2, 0.25) is 0 Å². The summed E-state index contributed by atoms with van der Waals surface area (Å²) >= 11 is 1.76. The van der Waals surface area contributed by atoms with Gasteiger partial charge in [0, 0.05) is 23.5 Å². The average Bonchev–Trinajstić information content (AvgIpc) is 2.95. The molecule has 108 valence electrons. The lowest BCUT2D eigenvalue weighted by molar-refractivity contribution is 0.154. The molecule has 3 N–H and O–H groups in total. The first-order chi connectivity index (χ1) is 9.05. The van der Waals surface area contributed by atoms with Crippen molar-refractivity contribution in [3.8, 4) is 0 Å². The average molecular weight is 281 g/mol. The van der Waals surface area contributed by atoms with E-state index in [1.807, 2.05) is 0 Å². The summed E-state index contributed by atoms with van der Waals surface area (Å²) in [6.45, 7) is 6.70. The number of aryl methyl sites for hydroxylation is 1. The maximum Gasteiger partial charge on any atom is 0.0944 e. The molecule has 1 aliphatic rings. The van der Waals surface area contributed by atoms with Crippen LogP contribution in [-0.4, -0.2) is 11.0 Å². The molecule has 0 aromatic carbocycles. The Balaban J connectivity index is 2.13. The van der Waals surface area contributed by atoms with Crippen molar-refractivity contribution in [2.24, 2.45) is 17.2 Å². The number of aromatic nitrogens is 1. The highest BCUT2D eigenvalue weighted by atomic mass is 32.1. The summed E-state index contributed by atoms with van der Waals surface area (Å²) in [5, 5.41) is 3.35. The zero-order chi connectivity index (χ0) is 13.9. The van der Waals surface area contributed by atoms with E-state index in [1.165, 1.54) is 37.1 Å². The Hall–Kier alpha value is -0.450. The molecule has 1 aromatic heterocycles. The minimum Gasteiger partial charge on any atom is -0.271 e. The van der Waals surface area contributed by atoms with Crippen LogP contribution in [0.1, 0.15) is 56.7 Å². The largest absolute Gasteiger partial charge is 0.271 e. The molecule has 1 fully saturated rings. The van der Waals surface area contributed by atoms with Gasteiger partial charge in [0.25, 0.3) is 0 Å². The lowest BCUT2D eigenvalue weighted by atomic mass is 9.72. The van der Waals surface area contributed by atoms with Gasteiger partial charge in [0.15, 0.2) is 0 Å². The first-order valence-corrected chi connectivity index (χ1v) is 8.31. The Morgan fingerprint density at radius 1 is 1.42 bits per heavy atom. The molecule has 1 aromatic rings. The molecule has 0 aliphatic heterocycles. The van der Waals surface area contributed by atoms with Gasteiger partial charge in [-0.05, 0) is 37.5 Å². The molecule has 0 amide bonds. The summed E-state index contributed by atoms with van der Waals surface area (Å²) in [4.78, 5) is 4.60. The Labute approximate surface area is 121 Å². The standard InChI is InChI=1S/C15H27N3S/c1-11(2)9-15(6-4-5-7-15)13(18-16)8-14-17-12(3)10-19-14/h10-11,13,18H,4-9,16H2,1-3H3. The van der Waals surface area contributed by atoms with Crippen LogP contribution in [0, 0.1) is 18.3 Å². The van der Waals surface area contributed by atoms with E-state index in [-0.39, 0.29) is 0 Å². The van der Waals surface area contributed by atoms with Crippen molar-refractivity contribution in [3.63, 3.8) is 0 Å². The number of hydrogen-bond donors (Lipinski definition) is 2. The van der Waals surface area contributed by atoms with Crippen molar-refractivity contribution >= 4 is 11.3 Å². The molecular weight excluding hydrogens is 254 g/mol. The monoisotopic (exact) mass is 281 g/mol. The molecule has 19 heavy (non-hydrogen) atoms. The van der Waals surface area contributed by atoms with Crippen LogP contribution in [0.15, 0.2) is 5.38 Å². The third-order valence-electron chi connectivity index (χ3n) is 4.40. The number of nitrogens with two attached hydrogens (primary N) is 1. The van der Waals surface area contributed by atoms with Gasteiger partial charge in [-0.2, -0.15) is 0 Å². The van der Waals surface area contributed by atoms with Crippen molar-refractivity contribution in [2.45, 2.75) is 65.3 Å². The van der Waals surface area contributed by atoms with Gasteiger partial charge < -0.3 is 0 Å². The van der Waals surface area contributed by atoms with Crippen LogP contribution in [0.3, 0.4) is 0 Å². The second kappa shape index (κ2) is 6.33. The fourth-order valence-electron chi connectivity index (χ4n) is 3.71. The number of hydrogen-bond acceptors (Lipinski definition) is 4. The highest BCUT2D eigenvalue weighted by molar-refractivity contribution is 7.09. The van der Waals surface area contributed by atoms with Crippen molar-refractivity contribution in [1.82, 2.24) is 10.4 Å². The van der Waals surface area contributed by atoms with Gasteiger partial charge in [0.05, 0.1) is 5.01 Å². The Bertz CT molecular complexity index is 394. The van der Waals surface area contributed by atoms with Crippen molar-refractivity contribution in [2.75, 3.05) is 0 Å². The normalized spacial score (nSPS) is 20.1. The van der Waals surface area contributed by atoms with Crippen LogP contribution < -0.4 is 11.3 Å². The van der Waals surface area contributed by atoms with Crippen molar-refractivity contribution < 1.29 is 0 Å². The van der Waals surface area contributed by atoms with E-state index >= 15 is 0 Å². The summed E-state index contributed by atoms with van der Waals surface area (Å²) in [5.41, 5.74) is 4.62. The summed E-state index contributed by atoms with van der Waals surface area (Å²) in [5.74, 6) is 6.62. The van der Waals surface area contributed by atoms with Crippen LogP contribution in [0.5, 0.6) is 0 Å². The molecule has 1 aliphatic carbocycles. The fourth-order valence-corrected chi connectivity index (χ4v) is 4.53. The molecule has 1 atom stereocenters. The Morgan fingerprint density at radius 2 is 2.11 bits per heavy atom. The molecule has 1 heterocycles. The molecule has 0 saturated heterocycles. The van der Waals surface area contributed by atoms with Crippen molar-refractivity contribution in [3.05, 3.63) is 16.1 Å². The second-order valence-corrected chi connectivity index (χ2v) is 7.42. The van der Waals surface area contributed by atoms with E-state index in [9.17, 15) is 0 Å². The fraction of sp³-hybridized carbons (Fsp3) is 0.800. The highest BCUT2D eigenvalue weighted by Gasteiger charge is 2.41. The van der Waals surface area contributed by atoms with Crippen LogP contribution in [0.4, 0.5) is 0 Å². The van der Waals surface area contributed by atoms with Gasteiger partial charge in [-0.3, -0.25) is 11.3 Å². The molecule has 2 rings (SSSR count). The lowest BCUT2D eigenvalue weighted by Crippen LogP contribution is -2.49. The topological polar surface area (TPSA) is 50.9 Å². The van der Waals surface area contributed by atoms with Crippen LogP contribution in [-0.2, 0) is 6.42 Å². The van der Waals surface area contributed by atoms with Gasteiger partial charge in [-0.1, -0.05) is 26.7 Å². The summed E-state index contributed by atoms with van der Waals surface area (Å²) in [6, 6.07) is 0.364. The quantitative estimate of drug-likeness (QED) is 0.620. The van der Waals surface area contributed by atoms with E-state index in [1.54, 1.807) is 11.3 Å². The minimum atomic E-state index is 0.364. The van der Waals surface area contributed by atoms with Gasteiger partial charge >= 0.3 is 0 Å². The smallest absolute Gasteiger partial charge is 0.0944 e. The molecule has 1 saturated carbocycles. The van der Waals surface area contributed by atoms with E-state index in [0.717, 1.165) is 18.0 Å². The molecule has 3 nitrogen and oxygen atoms in total. The van der Waals surface area contributed by atoms with Gasteiger partial charge in [0.2, 0.25) is 0 Å². The Morgan fingerprint density at radius 3 is 2.58 bits per heavy atom. The lowest BCUT2D eigenvalue weighted by Gasteiger charge is -2.38. The van der Waals surface area contributed by atoms with Gasteiger partial charge in [0.1, 0.15) is 0 Å². The predicted molar refractivity (Wildman–Crippen MR) is 82.0 cm³/mol. The third kappa shape index (κ3) is 3.56. The first-order valence-electron chi connectivity index (χ1n) is 7.43. The van der Waals surface area contributed by atoms with Crippen LogP contribution >= 0.6 is 11.3 Å². The zero-order valence-corrected chi connectivity index (χ0v) is 13.2. The summed E-state index contributed by atoms with van der Waals surface area (Å²) in [7, 11) is 0. The maximum absolute atomic E-state index is 5.89. The number of nitrogens with one attached hydrogen (secondary N) is 1. The molecule has 0 radical (unpaired) electrons. The third-order valence-corrected chi connectivity index (χ3v) is 5.39. The SMILES string of the molecule is Cc1csc(CC(NN)C2(CC(C)C)CCCC2)n1. The number of nitrogens with zero attached hydrogens (tertiary/aromatic N) is 1. The maximum atomic E-state index is 5.89. The number of thiazole rings is 1. The second-order valence-electron chi connectivity index (χ2n) is 6.47. The van der Waals surface area contributed by atoms with E-state index in [2.05, 4.69) is 36.6 Å². The van der Waals surface area contributed by atoms with Gasteiger partial charge in [-0.15, -0.1) is 11.3 Å². The molecule has 0 spiro atoms. The predicted octanol–water partition coefficient (Wildman–Crippen LogP) is 3.43. The van der Waals surface area contributed by atoms with E-state index < -0.39 is 0 Å². The zero-order valence-electron chi connectivity index (χ0n) is 12.4. The number of hydrazine groups is 1. The highest BCUT2D eigenvalue weighted by Crippen LogP contribution is 2.46.